The van der Waals surface area contributed by atoms with Gasteiger partial charge in [0.05, 0.1) is 12.8 Å². The Bertz CT molecular complexity index is 309. The largest absolute Gasteiger partial charge is 0.411 e. The Hall–Kier alpha value is -1.61. The lowest BCUT2D eigenvalue weighted by Gasteiger charge is -2.12. The van der Waals surface area contributed by atoms with Gasteiger partial charge >= 0.3 is 0 Å². The topological polar surface area (TPSA) is 41.8 Å². The summed E-state index contributed by atoms with van der Waals surface area (Å²) in [5, 5.41) is 11.5. The molecular weight excluding hydrogens is 190 g/mol. The summed E-state index contributed by atoms with van der Waals surface area (Å²) in [6, 6.07) is 9.63. The van der Waals surface area contributed by atoms with Crippen LogP contribution < -0.4 is 0 Å². The summed E-state index contributed by atoms with van der Waals surface area (Å²) in [7, 11) is 0. The fourth-order valence-electron chi connectivity index (χ4n) is 1.21. The van der Waals surface area contributed by atoms with Crippen molar-refractivity contribution in [3.8, 4) is 0 Å². The van der Waals surface area contributed by atoms with E-state index in [9.17, 15) is 0 Å². The Balaban J connectivity index is 2.61. The molecule has 3 nitrogen and oxygen atoms in total. The molecule has 3 heteroatoms. The molecule has 0 aliphatic heterocycles. The van der Waals surface area contributed by atoms with Crippen molar-refractivity contribution in [2.75, 3.05) is 6.61 Å². The van der Waals surface area contributed by atoms with Crippen LogP contribution in [0.25, 0.3) is 0 Å². The van der Waals surface area contributed by atoms with Gasteiger partial charge in [-0.05, 0) is 12.0 Å². The van der Waals surface area contributed by atoms with Gasteiger partial charge in [-0.1, -0.05) is 41.6 Å². The first-order chi connectivity index (χ1) is 7.38. The Kier molecular flexibility index (Phi) is 5.19. The molecule has 1 aromatic rings. The van der Waals surface area contributed by atoms with Gasteiger partial charge < -0.3 is 9.94 Å². The SMILES string of the molecule is C=CCCOC(/C=N/O)c1ccccc1. The van der Waals surface area contributed by atoms with Crippen molar-refractivity contribution in [2.24, 2.45) is 5.16 Å². The first kappa shape index (κ1) is 11.5. The number of hydrogen-bond donors (Lipinski definition) is 1. The quantitative estimate of drug-likeness (QED) is 0.255. The predicted octanol–water partition coefficient (Wildman–Crippen LogP) is 2.78. The second-order valence-corrected chi connectivity index (χ2v) is 3.04. The van der Waals surface area contributed by atoms with Crippen LogP contribution in [-0.2, 0) is 4.74 Å². The third kappa shape index (κ3) is 3.95. The molecule has 1 atom stereocenters. The van der Waals surface area contributed by atoms with Gasteiger partial charge in [-0.25, -0.2) is 0 Å². The molecule has 0 saturated heterocycles. The average molecular weight is 205 g/mol. The molecule has 15 heavy (non-hydrogen) atoms. The van der Waals surface area contributed by atoms with Crippen molar-refractivity contribution < 1.29 is 9.94 Å². The van der Waals surface area contributed by atoms with Gasteiger partial charge in [0.2, 0.25) is 0 Å². The smallest absolute Gasteiger partial charge is 0.121 e. The lowest BCUT2D eigenvalue weighted by molar-refractivity contribution is 0.103. The summed E-state index contributed by atoms with van der Waals surface area (Å²) in [6.45, 7) is 4.18. The van der Waals surface area contributed by atoms with E-state index in [0.717, 1.165) is 12.0 Å². The van der Waals surface area contributed by atoms with Gasteiger partial charge in [0, 0.05) is 0 Å². The fourth-order valence-corrected chi connectivity index (χ4v) is 1.21. The molecule has 0 aliphatic rings. The Morgan fingerprint density at radius 3 is 2.73 bits per heavy atom. The highest BCUT2D eigenvalue weighted by Gasteiger charge is 2.07. The highest BCUT2D eigenvalue weighted by molar-refractivity contribution is 5.65. The molecule has 0 saturated carbocycles. The molecule has 80 valence electrons. The van der Waals surface area contributed by atoms with Gasteiger partial charge in [0.15, 0.2) is 0 Å². The highest BCUT2D eigenvalue weighted by atomic mass is 16.5. The fraction of sp³-hybridized carbons (Fsp3) is 0.250. The van der Waals surface area contributed by atoms with Crippen LogP contribution in [0.5, 0.6) is 0 Å². The zero-order valence-corrected chi connectivity index (χ0v) is 8.54. The summed E-state index contributed by atoms with van der Waals surface area (Å²) in [4.78, 5) is 0. The summed E-state index contributed by atoms with van der Waals surface area (Å²) < 4.78 is 5.53. The van der Waals surface area contributed by atoms with Gasteiger partial charge in [-0.3, -0.25) is 0 Å². The normalized spacial score (nSPS) is 12.8. The van der Waals surface area contributed by atoms with Gasteiger partial charge in [-0.2, -0.15) is 0 Å². The maximum atomic E-state index is 8.52. The van der Waals surface area contributed by atoms with Crippen LogP contribution in [0.4, 0.5) is 0 Å². The summed E-state index contributed by atoms with van der Waals surface area (Å²) in [5.74, 6) is 0. The maximum absolute atomic E-state index is 8.52. The van der Waals surface area contributed by atoms with Gasteiger partial charge in [0.25, 0.3) is 0 Å². The molecule has 0 bridgehead atoms. The predicted molar refractivity (Wildman–Crippen MR) is 60.2 cm³/mol. The van der Waals surface area contributed by atoms with Crippen LogP contribution in [0, 0.1) is 0 Å². The lowest BCUT2D eigenvalue weighted by atomic mass is 10.1. The Morgan fingerprint density at radius 1 is 1.40 bits per heavy atom. The molecular formula is C12H15NO2. The number of rotatable bonds is 6. The molecule has 0 fully saturated rings. The number of oxime groups is 1. The zero-order chi connectivity index (χ0) is 10.9. The molecule has 0 heterocycles. The van der Waals surface area contributed by atoms with E-state index in [0.29, 0.717) is 6.61 Å². The molecule has 1 unspecified atom stereocenters. The average Bonchev–Trinajstić information content (AvgIpc) is 2.29. The van der Waals surface area contributed by atoms with E-state index in [2.05, 4.69) is 11.7 Å². The Labute approximate surface area is 89.7 Å². The summed E-state index contributed by atoms with van der Waals surface area (Å²) in [5.41, 5.74) is 0.972. The molecule has 0 spiro atoms. The monoisotopic (exact) mass is 205 g/mol. The molecule has 0 aliphatic carbocycles. The minimum absolute atomic E-state index is 0.295. The van der Waals surface area contributed by atoms with E-state index >= 15 is 0 Å². The van der Waals surface area contributed by atoms with Gasteiger partial charge in [0.1, 0.15) is 6.10 Å². The van der Waals surface area contributed by atoms with Crippen LogP contribution in [0.15, 0.2) is 48.1 Å². The minimum atomic E-state index is -0.295. The molecule has 0 amide bonds. The van der Waals surface area contributed by atoms with E-state index in [1.54, 1.807) is 6.08 Å². The lowest BCUT2D eigenvalue weighted by Crippen LogP contribution is -2.06. The van der Waals surface area contributed by atoms with Crippen molar-refractivity contribution in [3.63, 3.8) is 0 Å². The Morgan fingerprint density at radius 2 is 2.13 bits per heavy atom. The van der Waals surface area contributed by atoms with Crippen LogP contribution in [0.2, 0.25) is 0 Å². The van der Waals surface area contributed by atoms with E-state index in [-0.39, 0.29) is 6.10 Å². The number of benzene rings is 1. The van der Waals surface area contributed by atoms with Gasteiger partial charge in [-0.15, -0.1) is 6.58 Å². The van der Waals surface area contributed by atoms with Crippen LogP contribution in [0.3, 0.4) is 0 Å². The summed E-state index contributed by atoms with van der Waals surface area (Å²) >= 11 is 0. The number of ether oxygens (including phenoxy) is 1. The first-order valence-electron chi connectivity index (χ1n) is 4.83. The highest BCUT2D eigenvalue weighted by Crippen LogP contribution is 2.15. The van der Waals surface area contributed by atoms with E-state index < -0.39 is 0 Å². The van der Waals surface area contributed by atoms with E-state index in [1.807, 2.05) is 30.3 Å². The standard InChI is InChI=1S/C12H15NO2/c1-2-3-9-15-12(10-13-14)11-7-5-4-6-8-11/h2,4-8,10,12,14H,1,3,9H2/b13-10+. The zero-order valence-electron chi connectivity index (χ0n) is 8.54. The second-order valence-electron chi connectivity index (χ2n) is 3.04. The molecule has 0 radical (unpaired) electrons. The number of hydrogen-bond acceptors (Lipinski definition) is 3. The van der Waals surface area contributed by atoms with Crippen molar-refractivity contribution in [1.82, 2.24) is 0 Å². The molecule has 1 rings (SSSR count). The van der Waals surface area contributed by atoms with Crippen molar-refractivity contribution in [1.29, 1.82) is 0 Å². The van der Waals surface area contributed by atoms with E-state index in [1.165, 1.54) is 6.21 Å². The summed E-state index contributed by atoms with van der Waals surface area (Å²) in [6.07, 6.45) is 3.65. The maximum Gasteiger partial charge on any atom is 0.121 e. The van der Waals surface area contributed by atoms with E-state index in [4.69, 9.17) is 9.94 Å². The van der Waals surface area contributed by atoms with Crippen LogP contribution >= 0.6 is 0 Å². The minimum Gasteiger partial charge on any atom is -0.411 e. The molecule has 1 N–H and O–H groups in total. The third-order valence-corrected chi connectivity index (χ3v) is 1.95. The first-order valence-corrected chi connectivity index (χ1v) is 4.83. The third-order valence-electron chi connectivity index (χ3n) is 1.95. The molecule has 0 aromatic heterocycles. The van der Waals surface area contributed by atoms with Crippen molar-refractivity contribution in [2.45, 2.75) is 12.5 Å². The van der Waals surface area contributed by atoms with Crippen LogP contribution in [-0.4, -0.2) is 18.0 Å². The number of nitrogens with zero attached hydrogens (tertiary/aromatic N) is 1. The molecule has 1 aromatic carbocycles. The van der Waals surface area contributed by atoms with Crippen molar-refractivity contribution >= 4 is 6.21 Å². The van der Waals surface area contributed by atoms with Crippen molar-refractivity contribution in [3.05, 3.63) is 48.6 Å². The van der Waals surface area contributed by atoms with Crippen LogP contribution in [0.1, 0.15) is 18.1 Å². The second kappa shape index (κ2) is 6.79.